The van der Waals surface area contributed by atoms with Crippen LogP contribution in [-0.4, -0.2) is 29.7 Å². The van der Waals surface area contributed by atoms with Crippen molar-refractivity contribution in [3.8, 4) is 0 Å². The number of piperidine rings is 1. The summed E-state index contributed by atoms with van der Waals surface area (Å²) in [6, 6.07) is 6.55. The number of nitrogens with zero attached hydrogens (tertiary/aromatic N) is 1. The predicted molar refractivity (Wildman–Crippen MR) is 86.0 cm³/mol. The van der Waals surface area contributed by atoms with Crippen LogP contribution in [0.1, 0.15) is 39.2 Å². The van der Waals surface area contributed by atoms with E-state index in [1.54, 1.807) is 11.0 Å². The zero-order valence-electron chi connectivity index (χ0n) is 13.5. The molecule has 1 aliphatic rings. The Morgan fingerprint density at radius 1 is 1.32 bits per heavy atom. The first-order valence-corrected chi connectivity index (χ1v) is 7.75. The van der Waals surface area contributed by atoms with E-state index in [2.05, 4.69) is 6.08 Å². The van der Waals surface area contributed by atoms with Gasteiger partial charge in [-0.15, -0.1) is 0 Å². The summed E-state index contributed by atoms with van der Waals surface area (Å²) in [5.74, 6) is 0.198. The molecule has 3 nitrogen and oxygen atoms in total. The number of carbonyl (C=O) groups is 1. The number of rotatable bonds is 2. The Bertz CT molecular complexity index is 540. The van der Waals surface area contributed by atoms with Crippen LogP contribution in [0.4, 0.5) is 9.18 Å². The number of allylic oxidation sites excluding steroid dienone is 1. The van der Waals surface area contributed by atoms with Crippen LogP contribution in [0, 0.1) is 11.7 Å². The smallest absolute Gasteiger partial charge is 0.410 e. The Morgan fingerprint density at radius 3 is 2.59 bits per heavy atom. The molecule has 0 saturated carbocycles. The second-order valence-corrected chi connectivity index (χ2v) is 6.72. The van der Waals surface area contributed by atoms with Gasteiger partial charge in [0.1, 0.15) is 11.4 Å². The Hall–Kier alpha value is -1.84. The second kappa shape index (κ2) is 6.95. The molecule has 0 spiro atoms. The number of likely N-dealkylation sites (tertiary alicyclic amines) is 1. The molecule has 4 heteroatoms. The van der Waals surface area contributed by atoms with Gasteiger partial charge >= 0.3 is 6.09 Å². The highest BCUT2D eigenvalue weighted by atomic mass is 19.1. The normalized spacial score (nSPS) is 17.0. The van der Waals surface area contributed by atoms with Crippen molar-refractivity contribution in [3.63, 3.8) is 0 Å². The van der Waals surface area contributed by atoms with E-state index < -0.39 is 5.60 Å². The van der Waals surface area contributed by atoms with Gasteiger partial charge in [0.15, 0.2) is 0 Å². The van der Waals surface area contributed by atoms with Crippen molar-refractivity contribution in [2.24, 2.45) is 5.92 Å². The average Bonchev–Trinajstić information content (AvgIpc) is 2.44. The number of carbonyl (C=O) groups excluding carboxylic acids is 1. The van der Waals surface area contributed by atoms with Gasteiger partial charge in [-0.25, -0.2) is 9.18 Å². The maximum Gasteiger partial charge on any atom is 0.410 e. The maximum atomic E-state index is 13.1. The standard InChI is InChI=1S/C18H24FNO2/c1-18(2,3)22-17(21)20-11-9-14(10-12-20)7-8-15-5-4-6-16(19)13-15/h4-8,13-14H,9-12H2,1-3H3. The van der Waals surface area contributed by atoms with Gasteiger partial charge in [-0.2, -0.15) is 0 Å². The molecule has 0 bridgehead atoms. The third-order valence-corrected chi connectivity index (χ3v) is 3.60. The molecular weight excluding hydrogens is 281 g/mol. The monoisotopic (exact) mass is 305 g/mol. The van der Waals surface area contributed by atoms with Crippen LogP contribution in [-0.2, 0) is 4.74 Å². The van der Waals surface area contributed by atoms with Gasteiger partial charge in [-0.3, -0.25) is 0 Å². The van der Waals surface area contributed by atoms with E-state index in [4.69, 9.17) is 4.74 Å². The Labute approximate surface area is 131 Å². The summed E-state index contributed by atoms with van der Waals surface area (Å²) in [7, 11) is 0. The molecule has 0 N–H and O–H groups in total. The number of hydrogen-bond acceptors (Lipinski definition) is 2. The van der Waals surface area contributed by atoms with Gasteiger partial charge < -0.3 is 9.64 Å². The Kier molecular flexibility index (Phi) is 5.22. The highest BCUT2D eigenvalue weighted by Crippen LogP contribution is 2.21. The zero-order chi connectivity index (χ0) is 16.2. The predicted octanol–water partition coefficient (Wildman–Crippen LogP) is 4.49. The molecule has 0 atom stereocenters. The summed E-state index contributed by atoms with van der Waals surface area (Å²) in [5.41, 5.74) is 0.417. The minimum absolute atomic E-state index is 0.220. The lowest BCUT2D eigenvalue weighted by atomic mass is 9.96. The lowest BCUT2D eigenvalue weighted by Crippen LogP contribution is -2.41. The lowest BCUT2D eigenvalue weighted by molar-refractivity contribution is 0.0197. The molecular formula is C18H24FNO2. The first-order valence-electron chi connectivity index (χ1n) is 7.75. The summed E-state index contributed by atoms with van der Waals surface area (Å²) < 4.78 is 18.5. The van der Waals surface area contributed by atoms with Crippen molar-refractivity contribution in [2.75, 3.05) is 13.1 Å². The lowest BCUT2D eigenvalue weighted by Gasteiger charge is -2.32. The van der Waals surface area contributed by atoms with Crippen LogP contribution in [0.25, 0.3) is 6.08 Å². The largest absolute Gasteiger partial charge is 0.444 e. The number of benzene rings is 1. The molecule has 0 aliphatic carbocycles. The molecule has 0 radical (unpaired) electrons. The summed E-state index contributed by atoms with van der Waals surface area (Å²) in [4.78, 5) is 13.7. The number of ether oxygens (including phenoxy) is 1. The maximum absolute atomic E-state index is 13.1. The van der Waals surface area contributed by atoms with Gasteiger partial charge in [0.05, 0.1) is 0 Å². The van der Waals surface area contributed by atoms with Gasteiger partial charge in [0.2, 0.25) is 0 Å². The topological polar surface area (TPSA) is 29.5 Å². The van der Waals surface area contributed by atoms with Crippen LogP contribution in [0.3, 0.4) is 0 Å². The Morgan fingerprint density at radius 2 is 2.00 bits per heavy atom. The van der Waals surface area contributed by atoms with E-state index in [0.717, 1.165) is 18.4 Å². The molecule has 1 heterocycles. The van der Waals surface area contributed by atoms with E-state index in [1.807, 2.05) is 32.9 Å². The fourth-order valence-corrected chi connectivity index (χ4v) is 2.46. The molecule has 0 unspecified atom stereocenters. The van der Waals surface area contributed by atoms with Crippen molar-refractivity contribution < 1.29 is 13.9 Å². The molecule has 1 fully saturated rings. The molecule has 1 amide bonds. The van der Waals surface area contributed by atoms with E-state index in [1.165, 1.54) is 12.1 Å². The van der Waals surface area contributed by atoms with E-state index >= 15 is 0 Å². The van der Waals surface area contributed by atoms with Crippen molar-refractivity contribution in [1.29, 1.82) is 0 Å². The minimum Gasteiger partial charge on any atom is -0.444 e. The summed E-state index contributed by atoms with van der Waals surface area (Å²) >= 11 is 0. The molecule has 1 aliphatic heterocycles. The summed E-state index contributed by atoms with van der Waals surface area (Å²) in [6.07, 6.45) is 5.65. The van der Waals surface area contributed by atoms with Crippen molar-refractivity contribution >= 4 is 12.2 Å². The third kappa shape index (κ3) is 5.17. The van der Waals surface area contributed by atoms with E-state index in [-0.39, 0.29) is 11.9 Å². The van der Waals surface area contributed by atoms with Crippen LogP contribution in [0.15, 0.2) is 30.3 Å². The SMILES string of the molecule is CC(C)(C)OC(=O)N1CCC(C=Cc2cccc(F)c2)CC1. The number of hydrogen-bond donors (Lipinski definition) is 0. The first-order chi connectivity index (χ1) is 10.3. The molecule has 22 heavy (non-hydrogen) atoms. The van der Waals surface area contributed by atoms with Crippen LogP contribution >= 0.6 is 0 Å². The highest BCUT2D eigenvalue weighted by Gasteiger charge is 2.25. The van der Waals surface area contributed by atoms with Crippen molar-refractivity contribution in [1.82, 2.24) is 4.90 Å². The van der Waals surface area contributed by atoms with Gasteiger partial charge in [-0.05, 0) is 57.2 Å². The average molecular weight is 305 g/mol. The van der Waals surface area contributed by atoms with Crippen LogP contribution < -0.4 is 0 Å². The number of halogens is 1. The molecule has 2 rings (SSSR count). The zero-order valence-corrected chi connectivity index (χ0v) is 13.5. The third-order valence-electron chi connectivity index (χ3n) is 3.60. The van der Waals surface area contributed by atoms with E-state index in [0.29, 0.717) is 19.0 Å². The molecule has 120 valence electrons. The minimum atomic E-state index is -0.453. The van der Waals surface area contributed by atoms with Gasteiger partial charge in [0.25, 0.3) is 0 Å². The van der Waals surface area contributed by atoms with Gasteiger partial charge in [0, 0.05) is 13.1 Å². The summed E-state index contributed by atoms with van der Waals surface area (Å²) in [6.45, 7) is 7.03. The number of amides is 1. The molecule has 1 aromatic carbocycles. The van der Waals surface area contributed by atoms with Crippen molar-refractivity contribution in [2.45, 2.75) is 39.2 Å². The summed E-state index contributed by atoms with van der Waals surface area (Å²) in [5, 5.41) is 0. The fraction of sp³-hybridized carbons (Fsp3) is 0.500. The quantitative estimate of drug-likeness (QED) is 0.806. The molecule has 1 aromatic rings. The molecule has 1 saturated heterocycles. The fourth-order valence-electron chi connectivity index (χ4n) is 2.46. The van der Waals surface area contributed by atoms with E-state index in [9.17, 15) is 9.18 Å². The molecule has 0 aromatic heterocycles. The van der Waals surface area contributed by atoms with Gasteiger partial charge in [-0.1, -0.05) is 24.3 Å². The van der Waals surface area contributed by atoms with Crippen molar-refractivity contribution in [3.05, 3.63) is 41.7 Å². The first kappa shape index (κ1) is 16.5. The van der Waals surface area contributed by atoms with Crippen LogP contribution in [0.5, 0.6) is 0 Å². The second-order valence-electron chi connectivity index (χ2n) is 6.72. The van der Waals surface area contributed by atoms with Crippen LogP contribution in [0.2, 0.25) is 0 Å². The Balaban J connectivity index is 1.83. The highest BCUT2D eigenvalue weighted by molar-refractivity contribution is 5.68.